The number of nitrogens with zero attached hydrogens (tertiary/aromatic N) is 3. The van der Waals surface area contributed by atoms with E-state index in [0.29, 0.717) is 29.2 Å². The van der Waals surface area contributed by atoms with Crippen LogP contribution in [0.25, 0.3) is 11.0 Å². The maximum atomic E-state index is 14.2. The highest BCUT2D eigenvalue weighted by Crippen LogP contribution is 2.42. The smallest absolute Gasteiger partial charge is 0.333 e. The van der Waals surface area contributed by atoms with Crippen LogP contribution in [0.5, 0.6) is 0 Å². The van der Waals surface area contributed by atoms with Crippen LogP contribution in [0.3, 0.4) is 0 Å². The van der Waals surface area contributed by atoms with E-state index in [9.17, 15) is 14.4 Å². The van der Waals surface area contributed by atoms with Crippen molar-refractivity contribution < 1.29 is 14.3 Å². The number of amides is 1. The van der Waals surface area contributed by atoms with Gasteiger partial charge in [0.25, 0.3) is 11.5 Å². The normalized spacial score (nSPS) is 24.4. The van der Waals surface area contributed by atoms with E-state index in [1.54, 1.807) is 24.3 Å². The summed E-state index contributed by atoms with van der Waals surface area (Å²) in [6.07, 6.45) is 14.6. The molecule has 3 heterocycles. The first-order valence-corrected chi connectivity index (χ1v) is 15.8. The van der Waals surface area contributed by atoms with Crippen molar-refractivity contribution in [2.24, 2.45) is 0 Å². The van der Waals surface area contributed by atoms with Crippen molar-refractivity contribution in [1.29, 1.82) is 0 Å². The molecule has 8 nitrogen and oxygen atoms in total. The number of esters is 1. The van der Waals surface area contributed by atoms with Crippen molar-refractivity contribution in [3.05, 3.63) is 76.2 Å². The van der Waals surface area contributed by atoms with Crippen LogP contribution in [0.1, 0.15) is 105 Å². The molecular formula is C34H42N4O4. The Labute approximate surface area is 247 Å². The van der Waals surface area contributed by atoms with E-state index in [0.717, 1.165) is 31.2 Å². The number of carbonyl (C=O) groups excluding carboxylic acids is 2. The number of hydrogen-bond acceptors (Lipinski definition) is 6. The average Bonchev–Trinajstić information content (AvgIpc) is 2.99. The summed E-state index contributed by atoms with van der Waals surface area (Å²) in [6.45, 7) is 0. The molecule has 0 radical (unpaired) electrons. The first-order chi connectivity index (χ1) is 20.5. The number of ether oxygens (including phenoxy) is 1. The summed E-state index contributed by atoms with van der Waals surface area (Å²) in [7, 11) is 1.28. The molecule has 3 fully saturated rings. The Morgan fingerprint density at radius 3 is 2.12 bits per heavy atom. The van der Waals surface area contributed by atoms with Crippen LogP contribution < -0.4 is 10.9 Å². The average molecular weight is 571 g/mol. The Hall–Kier alpha value is -3.52. The molecule has 2 bridgehead atoms. The van der Waals surface area contributed by atoms with E-state index in [-0.39, 0.29) is 11.7 Å². The number of methoxy groups -OCH3 is 1. The number of para-hydroxylation sites is 2. The minimum absolute atomic E-state index is 0.0115. The Kier molecular flexibility index (Phi) is 8.70. The molecule has 1 unspecified atom stereocenters. The molecule has 1 saturated carbocycles. The van der Waals surface area contributed by atoms with Gasteiger partial charge in [0.05, 0.1) is 18.1 Å². The highest BCUT2D eigenvalue weighted by molar-refractivity contribution is 5.96. The third kappa shape index (κ3) is 5.74. The van der Waals surface area contributed by atoms with E-state index in [4.69, 9.17) is 4.74 Å². The van der Waals surface area contributed by atoms with Crippen LogP contribution in [0.15, 0.2) is 59.4 Å². The first-order valence-electron chi connectivity index (χ1n) is 15.8. The number of aromatic nitrogens is 2. The Balaban J connectivity index is 1.33. The lowest BCUT2D eigenvalue weighted by atomic mass is 9.79. The van der Waals surface area contributed by atoms with E-state index < -0.39 is 23.5 Å². The van der Waals surface area contributed by atoms with Gasteiger partial charge < -0.3 is 14.6 Å². The first kappa shape index (κ1) is 28.6. The lowest BCUT2D eigenvalue weighted by molar-refractivity contribution is -0.143. The molecule has 4 atom stereocenters. The molecule has 6 rings (SSSR count). The molecule has 222 valence electrons. The number of rotatable bonds is 6. The van der Waals surface area contributed by atoms with Crippen molar-refractivity contribution in [2.45, 2.75) is 107 Å². The van der Waals surface area contributed by atoms with Gasteiger partial charge in [-0.1, -0.05) is 81.0 Å². The SMILES string of the molecule is COC(=O)C(NC(=O)c1nc2ccccc2n([C@H]2C[C@H]3CCC[C@@H](C2)N3C2CCCCCCC2)c1=O)c1ccccc1. The monoisotopic (exact) mass is 570 g/mol. The fourth-order valence-electron chi connectivity index (χ4n) is 7.83. The fourth-order valence-corrected chi connectivity index (χ4v) is 7.83. The summed E-state index contributed by atoms with van der Waals surface area (Å²) in [6, 6.07) is 17.0. The molecule has 1 amide bonds. The Morgan fingerprint density at radius 2 is 1.43 bits per heavy atom. The van der Waals surface area contributed by atoms with Gasteiger partial charge in [0.15, 0.2) is 11.7 Å². The molecule has 3 aromatic rings. The van der Waals surface area contributed by atoms with E-state index >= 15 is 0 Å². The van der Waals surface area contributed by atoms with Crippen LogP contribution in [0.4, 0.5) is 0 Å². The highest BCUT2D eigenvalue weighted by Gasteiger charge is 2.42. The molecule has 0 spiro atoms. The van der Waals surface area contributed by atoms with Gasteiger partial charge in [-0.3, -0.25) is 14.5 Å². The molecule has 2 saturated heterocycles. The number of fused-ring (bicyclic) bond motifs is 3. The van der Waals surface area contributed by atoms with Gasteiger partial charge in [0.1, 0.15) is 0 Å². The number of piperidine rings is 2. The van der Waals surface area contributed by atoms with E-state index in [1.807, 2.05) is 34.9 Å². The van der Waals surface area contributed by atoms with Crippen LogP contribution in [0, 0.1) is 0 Å². The van der Waals surface area contributed by atoms with E-state index in [1.165, 1.54) is 58.5 Å². The third-order valence-corrected chi connectivity index (χ3v) is 9.72. The largest absolute Gasteiger partial charge is 0.467 e. The van der Waals surface area contributed by atoms with Crippen LogP contribution in [-0.4, -0.2) is 51.6 Å². The lowest BCUT2D eigenvalue weighted by Crippen LogP contribution is -2.57. The second-order valence-electron chi connectivity index (χ2n) is 12.3. The minimum atomic E-state index is -1.05. The molecule has 1 N–H and O–H groups in total. The number of hydrogen-bond donors (Lipinski definition) is 1. The van der Waals surface area contributed by atoms with Crippen molar-refractivity contribution in [1.82, 2.24) is 19.8 Å². The Morgan fingerprint density at radius 1 is 0.810 bits per heavy atom. The van der Waals surface area contributed by atoms with Crippen molar-refractivity contribution >= 4 is 22.9 Å². The van der Waals surface area contributed by atoms with Crippen LogP contribution in [-0.2, 0) is 9.53 Å². The zero-order chi connectivity index (χ0) is 29.1. The summed E-state index contributed by atoms with van der Waals surface area (Å²) < 4.78 is 6.82. The maximum Gasteiger partial charge on any atom is 0.333 e. The predicted molar refractivity (Wildman–Crippen MR) is 162 cm³/mol. The standard InChI is InChI=1S/C34H42N4O4/c1-42-34(41)30(23-13-6-5-7-14-23)36-32(39)31-33(40)38(29-20-11-10-19-28(29)35-31)27-21-25-17-12-18-26(22-27)37(25)24-15-8-3-2-4-9-16-24/h5-7,10-11,13-14,19-20,24-27,30H,2-4,8-9,12,15-18,21-22H2,1H3,(H,36,39)/t25-,26+,27+,30?. The van der Waals surface area contributed by atoms with Crippen LogP contribution >= 0.6 is 0 Å². The van der Waals surface area contributed by atoms with Gasteiger partial charge in [-0.2, -0.15) is 0 Å². The molecule has 3 aliphatic rings. The molecule has 1 aliphatic carbocycles. The van der Waals surface area contributed by atoms with Gasteiger partial charge in [0, 0.05) is 24.2 Å². The van der Waals surface area contributed by atoms with Crippen LogP contribution in [0.2, 0.25) is 0 Å². The fraction of sp³-hybridized carbons (Fsp3) is 0.529. The second kappa shape index (κ2) is 12.8. The number of carbonyl (C=O) groups is 2. The van der Waals surface area contributed by atoms with Gasteiger partial charge in [-0.25, -0.2) is 9.78 Å². The van der Waals surface area contributed by atoms with Gasteiger partial charge in [-0.05, 0) is 56.2 Å². The van der Waals surface area contributed by atoms with Gasteiger partial charge in [0.2, 0.25) is 0 Å². The van der Waals surface area contributed by atoms with Gasteiger partial charge in [-0.15, -0.1) is 0 Å². The molecule has 2 aliphatic heterocycles. The quantitative estimate of drug-likeness (QED) is 0.382. The number of nitrogens with one attached hydrogen (secondary N) is 1. The molecule has 8 heteroatoms. The predicted octanol–water partition coefficient (Wildman–Crippen LogP) is 5.71. The summed E-state index contributed by atoms with van der Waals surface area (Å²) in [5.41, 5.74) is 1.35. The number of benzene rings is 2. The summed E-state index contributed by atoms with van der Waals surface area (Å²) in [5, 5.41) is 2.74. The summed E-state index contributed by atoms with van der Waals surface area (Å²) in [5.74, 6) is -1.28. The van der Waals surface area contributed by atoms with Crippen molar-refractivity contribution in [3.8, 4) is 0 Å². The molecule has 2 aromatic carbocycles. The van der Waals surface area contributed by atoms with E-state index in [2.05, 4.69) is 15.2 Å². The maximum absolute atomic E-state index is 14.2. The molecule has 42 heavy (non-hydrogen) atoms. The molecular weight excluding hydrogens is 528 g/mol. The van der Waals surface area contributed by atoms with Crippen molar-refractivity contribution in [2.75, 3.05) is 7.11 Å². The zero-order valence-corrected chi connectivity index (χ0v) is 24.5. The third-order valence-electron chi connectivity index (χ3n) is 9.72. The van der Waals surface area contributed by atoms with Crippen molar-refractivity contribution in [3.63, 3.8) is 0 Å². The molecule has 1 aromatic heterocycles. The van der Waals surface area contributed by atoms with Gasteiger partial charge >= 0.3 is 5.97 Å². The summed E-state index contributed by atoms with van der Waals surface area (Å²) in [4.78, 5) is 47.9. The topological polar surface area (TPSA) is 93.5 Å². The summed E-state index contributed by atoms with van der Waals surface area (Å²) >= 11 is 0. The Bertz CT molecular complexity index is 1450. The minimum Gasteiger partial charge on any atom is -0.467 e. The second-order valence-corrected chi connectivity index (χ2v) is 12.3. The zero-order valence-electron chi connectivity index (χ0n) is 24.5. The highest BCUT2D eigenvalue weighted by atomic mass is 16.5. The lowest BCUT2D eigenvalue weighted by Gasteiger charge is -2.53.